The number of carbonyl (C=O) groups excluding carboxylic acids is 1. The zero-order valence-corrected chi connectivity index (χ0v) is 12.0. The molecule has 0 aliphatic heterocycles. The largest absolute Gasteiger partial charge is 0.508 e. The molecule has 0 atom stereocenters. The van der Waals surface area contributed by atoms with Crippen molar-refractivity contribution >= 4 is 12.1 Å². The number of aromatic hydroxyl groups is 2. The summed E-state index contributed by atoms with van der Waals surface area (Å²) >= 11 is 0. The second-order valence-corrected chi connectivity index (χ2v) is 4.40. The Hall–Kier alpha value is -3.02. The molecule has 0 bridgehead atoms. The molecule has 0 fully saturated rings. The van der Waals surface area contributed by atoms with E-state index in [-0.39, 0.29) is 17.1 Å². The number of rotatable bonds is 5. The van der Waals surface area contributed by atoms with Gasteiger partial charge in [-0.15, -0.1) is 0 Å². The van der Waals surface area contributed by atoms with Crippen LogP contribution in [0.15, 0.2) is 47.6 Å². The summed E-state index contributed by atoms with van der Waals surface area (Å²) in [5.74, 6) is -0.238. The van der Waals surface area contributed by atoms with E-state index in [4.69, 9.17) is 4.74 Å². The number of hydrogen-bond acceptors (Lipinski definition) is 5. The first kappa shape index (κ1) is 15.4. The molecule has 2 aromatic carbocycles. The Bertz CT molecular complexity index is 681. The Balaban J connectivity index is 1.98. The van der Waals surface area contributed by atoms with Crippen LogP contribution in [0.2, 0.25) is 0 Å². The molecule has 0 saturated carbocycles. The maximum absolute atomic E-state index is 11.8. The lowest BCUT2D eigenvalue weighted by atomic mass is 10.2. The fraction of sp³-hybridized carbons (Fsp3) is 0.125. The van der Waals surface area contributed by atoms with Crippen LogP contribution < -0.4 is 10.2 Å². The summed E-state index contributed by atoms with van der Waals surface area (Å²) in [4.78, 5) is 11.8. The number of benzene rings is 2. The van der Waals surface area contributed by atoms with Gasteiger partial charge < -0.3 is 14.9 Å². The van der Waals surface area contributed by atoms with Gasteiger partial charge in [-0.2, -0.15) is 5.10 Å². The van der Waals surface area contributed by atoms with Crippen LogP contribution in [0, 0.1) is 0 Å². The molecule has 2 rings (SSSR count). The lowest BCUT2D eigenvalue weighted by Gasteiger charge is -2.04. The van der Waals surface area contributed by atoms with Crippen LogP contribution in [0.25, 0.3) is 0 Å². The summed E-state index contributed by atoms with van der Waals surface area (Å²) in [6.45, 7) is 2.50. The first-order chi connectivity index (χ1) is 10.6. The summed E-state index contributed by atoms with van der Waals surface area (Å²) in [7, 11) is 0. The van der Waals surface area contributed by atoms with Crippen molar-refractivity contribution in [3.05, 3.63) is 53.6 Å². The average Bonchev–Trinajstić information content (AvgIpc) is 2.49. The van der Waals surface area contributed by atoms with Gasteiger partial charge in [-0.3, -0.25) is 4.79 Å². The maximum Gasteiger partial charge on any atom is 0.275 e. The first-order valence-electron chi connectivity index (χ1n) is 6.68. The summed E-state index contributed by atoms with van der Waals surface area (Å²) in [5.41, 5.74) is 3.12. The highest BCUT2D eigenvalue weighted by atomic mass is 16.5. The van der Waals surface area contributed by atoms with Gasteiger partial charge >= 0.3 is 0 Å². The lowest BCUT2D eigenvalue weighted by molar-refractivity contribution is 0.0952. The second-order valence-electron chi connectivity index (χ2n) is 4.40. The third-order valence-electron chi connectivity index (χ3n) is 2.80. The molecule has 22 heavy (non-hydrogen) atoms. The Labute approximate surface area is 127 Å². The molecule has 1 amide bonds. The highest BCUT2D eigenvalue weighted by Crippen LogP contribution is 2.22. The fourth-order valence-electron chi connectivity index (χ4n) is 1.75. The number of phenols is 2. The summed E-state index contributed by atoms with van der Waals surface area (Å²) in [6, 6.07) is 10.9. The first-order valence-corrected chi connectivity index (χ1v) is 6.68. The van der Waals surface area contributed by atoms with Crippen LogP contribution in [0.3, 0.4) is 0 Å². The summed E-state index contributed by atoms with van der Waals surface area (Å²) in [6.07, 6.45) is 1.48. The molecule has 0 spiro atoms. The molecule has 0 aliphatic carbocycles. The quantitative estimate of drug-likeness (QED) is 0.583. The third kappa shape index (κ3) is 3.99. The van der Waals surface area contributed by atoms with Crippen LogP contribution in [-0.2, 0) is 0 Å². The van der Waals surface area contributed by atoms with Gasteiger partial charge in [-0.25, -0.2) is 5.43 Å². The van der Waals surface area contributed by atoms with Crippen molar-refractivity contribution in [3.8, 4) is 17.2 Å². The molecule has 114 valence electrons. The van der Waals surface area contributed by atoms with E-state index in [2.05, 4.69) is 10.5 Å². The van der Waals surface area contributed by atoms with E-state index < -0.39 is 5.91 Å². The van der Waals surface area contributed by atoms with E-state index in [0.29, 0.717) is 6.61 Å². The van der Waals surface area contributed by atoms with Crippen molar-refractivity contribution in [2.45, 2.75) is 6.92 Å². The molecule has 2 aromatic rings. The molecule has 0 unspecified atom stereocenters. The predicted octanol–water partition coefficient (Wildman–Crippen LogP) is 2.26. The predicted molar refractivity (Wildman–Crippen MR) is 82.4 cm³/mol. The molecule has 0 heterocycles. The van der Waals surface area contributed by atoms with Gasteiger partial charge in [0, 0.05) is 6.07 Å². The number of carbonyl (C=O) groups is 1. The Kier molecular flexibility index (Phi) is 4.98. The third-order valence-corrected chi connectivity index (χ3v) is 2.80. The van der Waals surface area contributed by atoms with Gasteiger partial charge in [0.1, 0.15) is 17.2 Å². The Morgan fingerprint density at radius 1 is 1.23 bits per heavy atom. The fourth-order valence-corrected chi connectivity index (χ4v) is 1.75. The van der Waals surface area contributed by atoms with Crippen molar-refractivity contribution in [1.29, 1.82) is 0 Å². The molecular weight excluding hydrogens is 284 g/mol. The number of nitrogens with one attached hydrogen (secondary N) is 1. The minimum Gasteiger partial charge on any atom is -0.508 e. The second kappa shape index (κ2) is 7.12. The number of phenolic OH excluding ortho intramolecular Hbond substituents is 2. The molecule has 6 nitrogen and oxygen atoms in total. The van der Waals surface area contributed by atoms with Crippen molar-refractivity contribution < 1.29 is 19.7 Å². The van der Waals surface area contributed by atoms with Crippen LogP contribution >= 0.6 is 0 Å². The van der Waals surface area contributed by atoms with Gasteiger partial charge in [-0.1, -0.05) is 0 Å². The van der Waals surface area contributed by atoms with Gasteiger partial charge in [0.25, 0.3) is 5.91 Å². The van der Waals surface area contributed by atoms with Crippen molar-refractivity contribution in [3.63, 3.8) is 0 Å². The van der Waals surface area contributed by atoms with Crippen molar-refractivity contribution in [1.82, 2.24) is 5.43 Å². The van der Waals surface area contributed by atoms with E-state index in [1.807, 2.05) is 6.92 Å². The zero-order chi connectivity index (χ0) is 15.9. The highest BCUT2D eigenvalue weighted by molar-refractivity contribution is 5.97. The SMILES string of the molecule is CCOc1ccc(C=NNC(=O)c2ccc(O)cc2O)cc1. The average molecular weight is 300 g/mol. The number of nitrogens with zero attached hydrogens (tertiary/aromatic N) is 1. The summed E-state index contributed by atoms with van der Waals surface area (Å²) < 4.78 is 5.32. The van der Waals surface area contributed by atoms with Gasteiger partial charge in [0.2, 0.25) is 0 Å². The minimum absolute atomic E-state index is 0.0293. The van der Waals surface area contributed by atoms with Crippen LogP contribution in [0.1, 0.15) is 22.8 Å². The van der Waals surface area contributed by atoms with E-state index in [0.717, 1.165) is 17.4 Å². The number of hydrazone groups is 1. The van der Waals surface area contributed by atoms with E-state index >= 15 is 0 Å². The Morgan fingerprint density at radius 3 is 2.59 bits per heavy atom. The number of amides is 1. The van der Waals surface area contributed by atoms with Crippen LogP contribution in [0.4, 0.5) is 0 Å². The molecular formula is C16H16N2O4. The van der Waals surface area contributed by atoms with Gasteiger partial charge in [0.15, 0.2) is 0 Å². The van der Waals surface area contributed by atoms with Crippen molar-refractivity contribution in [2.75, 3.05) is 6.61 Å². The van der Waals surface area contributed by atoms with Gasteiger partial charge in [-0.05, 0) is 48.9 Å². The van der Waals surface area contributed by atoms with Crippen LogP contribution in [0.5, 0.6) is 17.2 Å². The normalized spacial score (nSPS) is 10.6. The smallest absolute Gasteiger partial charge is 0.275 e. The monoisotopic (exact) mass is 300 g/mol. The van der Waals surface area contributed by atoms with Gasteiger partial charge in [0.05, 0.1) is 18.4 Å². The number of ether oxygens (including phenoxy) is 1. The molecule has 6 heteroatoms. The molecule has 3 N–H and O–H groups in total. The standard InChI is InChI=1S/C16H16N2O4/c1-2-22-13-6-3-11(4-7-13)10-17-18-16(21)14-8-5-12(19)9-15(14)20/h3-10,19-20H,2H2,1H3,(H,18,21). The topological polar surface area (TPSA) is 91.2 Å². The van der Waals surface area contributed by atoms with E-state index in [9.17, 15) is 15.0 Å². The molecule has 0 saturated heterocycles. The molecule has 0 radical (unpaired) electrons. The minimum atomic E-state index is -0.570. The van der Waals surface area contributed by atoms with Crippen LogP contribution in [-0.4, -0.2) is 28.9 Å². The summed E-state index contributed by atoms with van der Waals surface area (Å²) in [5, 5.41) is 22.6. The van der Waals surface area contributed by atoms with E-state index in [1.54, 1.807) is 24.3 Å². The number of hydrogen-bond donors (Lipinski definition) is 3. The van der Waals surface area contributed by atoms with Crippen molar-refractivity contribution in [2.24, 2.45) is 5.10 Å². The zero-order valence-electron chi connectivity index (χ0n) is 12.0. The lowest BCUT2D eigenvalue weighted by Crippen LogP contribution is -2.17. The Morgan fingerprint density at radius 2 is 1.95 bits per heavy atom. The molecule has 0 aliphatic rings. The highest BCUT2D eigenvalue weighted by Gasteiger charge is 2.10. The molecule has 0 aromatic heterocycles. The maximum atomic E-state index is 11.8. The van der Waals surface area contributed by atoms with E-state index in [1.165, 1.54) is 18.3 Å².